The fraction of sp³-hybridized carbons (Fsp3) is 0.107. The number of hydrogen-bond acceptors (Lipinski definition) is 5. The molecule has 1 N–H and O–H groups in total. The molecule has 4 aromatic rings. The van der Waals surface area contributed by atoms with E-state index in [-0.39, 0.29) is 0 Å². The van der Waals surface area contributed by atoms with E-state index in [4.69, 9.17) is 21.1 Å². The summed E-state index contributed by atoms with van der Waals surface area (Å²) in [5, 5.41) is 6.45. The van der Waals surface area contributed by atoms with Crippen molar-refractivity contribution in [3.8, 4) is 11.5 Å². The van der Waals surface area contributed by atoms with Crippen LogP contribution in [-0.2, 0) is 4.79 Å². The Morgan fingerprint density at radius 3 is 2.51 bits per heavy atom. The van der Waals surface area contributed by atoms with E-state index < -0.39 is 18.0 Å². The molecule has 0 spiro atoms. The number of amides is 1. The monoisotopic (exact) mass is 486 g/mol. The van der Waals surface area contributed by atoms with Crippen molar-refractivity contribution in [3.63, 3.8) is 0 Å². The largest absolute Gasteiger partial charge is 0.481 e. The number of aryl methyl sites for hydroxylation is 1. The van der Waals surface area contributed by atoms with Crippen molar-refractivity contribution in [3.05, 3.63) is 107 Å². The Bertz CT molecular complexity index is 1400. The summed E-state index contributed by atoms with van der Waals surface area (Å²) >= 11 is 5.88. The number of carbonyl (C=O) groups is 2. The normalized spacial score (nSPS) is 11.9. The SMILES string of the molecule is Cc1cccc(C(=O)Oc2ccc3ccccc3c2/C=N/NC(=O)C(C)Oc2ccc(Cl)cc2)c1. The lowest BCUT2D eigenvalue weighted by Gasteiger charge is -2.13. The lowest BCUT2D eigenvalue weighted by molar-refractivity contribution is -0.127. The number of halogens is 1. The predicted molar refractivity (Wildman–Crippen MR) is 137 cm³/mol. The van der Waals surface area contributed by atoms with Gasteiger partial charge in [-0.3, -0.25) is 4.79 Å². The van der Waals surface area contributed by atoms with Crippen LogP contribution in [0.1, 0.15) is 28.4 Å². The van der Waals surface area contributed by atoms with Gasteiger partial charge in [0.05, 0.1) is 11.8 Å². The number of rotatable bonds is 7. The van der Waals surface area contributed by atoms with Crippen molar-refractivity contribution in [2.75, 3.05) is 0 Å². The van der Waals surface area contributed by atoms with Crippen LogP contribution in [0.4, 0.5) is 0 Å². The fourth-order valence-corrected chi connectivity index (χ4v) is 3.58. The second-order valence-electron chi connectivity index (χ2n) is 7.91. The second kappa shape index (κ2) is 10.8. The van der Waals surface area contributed by atoms with Crippen molar-refractivity contribution >= 4 is 40.5 Å². The van der Waals surface area contributed by atoms with Gasteiger partial charge >= 0.3 is 5.97 Å². The Morgan fingerprint density at radius 1 is 0.971 bits per heavy atom. The minimum atomic E-state index is -0.792. The number of hydrazone groups is 1. The Hall–Kier alpha value is -4.16. The van der Waals surface area contributed by atoms with E-state index in [2.05, 4.69) is 10.5 Å². The molecule has 0 heterocycles. The van der Waals surface area contributed by atoms with E-state index in [1.165, 1.54) is 6.21 Å². The Morgan fingerprint density at radius 2 is 1.74 bits per heavy atom. The minimum absolute atomic E-state index is 0.332. The summed E-state index contributed by atoms with van der Waals surface area (Å²) in [5.74, 6) is -0.0681. The van der Waals surface area contributed by atoms with Gasteiger partial charge < -0.3 is 9.47 Å². The van der Waals surface area contributed by atoms with Crippen LogP contribution in [0.15, 0.2) is 90.0 Å². The van der Waals surface area contributed by atoms with E-state index in [1.807, 2.05) is 43.3 Å². The molecular weight excluding hydrogens is 464 g/mol. The highest BCUT2D eigenvalue weighted by Crippen LogP contribution is 2.27. The predicted octanol–water partition coefficient (Wildman–Crippen LogP) is 5.94. The standard InChI is InChI=1S/C28H23ClN2O4/c1-18-6-5-8-21(16-18)28(33)35-26-15-10-20-7-3-4-9-24(20)25(26)17-30-31-27(32)19(2)34-23-13-11-22(29)12-14-23/h3-17,19H,1-2H3,(H,31,32)/b30-17+. The summed E-state index contributed by atoms with van der Waals surface area (Å²) < 4.78 is 11.3. The summed E-state index contributed by atoms with van der Waals surface area (Å²) in [7, 11) is 0. The maximum Gasteiger partial charge on any atom is 0.343 e. The molecule has 4 aromatic carbocycles. The van der Waals surface area contributed by atoms with Crippen LogP contribution in [0.3, 0.4) is 0 Å². The zero-order chi connectivity index (χ0) is 24.8. The van der Waals surface area contributed by atoms with Crippen molar-refractivity contribution in [1.29, 1.82) is 0 Å². The third-order valence-electron chi connectivity index (χ3n) is 5.25. The third kappa shape index (κ3) is 6.05. The topological polar surface area (TPSA) is 77.0 Å². The summed E-state index contributed by atoms with van der Waals surface area (Å²) in [6.07, 6.45) is 0.674. The van der Waals surface area contributed by atoms with E-state index >= 15 is 0 Å². The van der Waals surface area contributed by atoms with Crippen LogP contribution in [0.2, 0.25) is 5.02 Å². The molecule has 0 aliphatic rings. The molecule has 0 saturated carbocycles. The summed E-state index contributed by atoms with van der Waals surface area (Å²) in [5.41, 5.74) is 4.45. The van der Waals surface area contributed by atoms with Crippen LogP contribution in [-0.4, -0.2) is 24.2 Å². The zero-order valence-corrected chi connectivity index (χ0v) is 20.0. The van der Waals surface area contributed by atoms with Crippen molar-refractivity contribution in [1.82, 2.24) is 5.43 Å². The number of fused-ring (bicyclic) bond motifs is 1. The molecule has 1 atom stereocenters. The average Bonchev–Trinajstić information content (AvgIpc) is 2.86. The first-order valence-electron chi connectivity index (χ1n) is 11.0. The Labute approximate surface area is 208 Å². The molecule has 0 radical (unpaired) electrons. The molecule has 0 fully saturated rings. The zero-order valence-electron chi connectivity index (χ0n) is 19.2. The van der Waals surface area contributed by atoms with E-state index in [1.54, 1.807) is 55.5 Å². The highest BCUT2D eigenvalue weighted by molar-refractivity contribution is 6.30. The first-order valence-corrected chi connectivity index (χ1v) is 11.3. The van der Waals surface area contributed by atoms with Gasteiger partial charge in [-0.1, -0.05) is 59.6 Å². The molecule has 35 heavy (non-hydrogen) atoms. The van der Waals surface area contributed by atoms with Gasteiger partial charge in [-0.2, -0.15) is 5.10 Å². The van der Waals surface area contributed by atoms with E-state index in [9.17, 15) is 9.59 Å². The summed E-state index contributed by atoms with van der Waals surface area (Å²) in [6, 6.07) is 25.1. The molecule has 1 unspecified atom stereocenters. The van der Waals surface area contributed by atoms with Gasteiger partial charge in [-0.25, -0.2) is 10.2 Å². The Kier molecular flexibility index (Phi) is 7.43. The first kappa shape index (κ1) is 24.0. The number of benzene rings is 4. The molecule has 0 saturated heterocycles. The van der Waals surface area contributed by atoms with E-state index in [0.717, 1.165) is 16.3 Å². The molecule has 4 rings (SSSR count). The second-order valence-corrected chi connectivity index (χ2v) is 8.34. The van der Waals surface area contributed by atoms with Crippen molar-refractivity contribution in [2.24, 2.45) is 5.10 Å². The number of hydrogen-bond donors (Lipinski definition) is 1. The molecule has 176 valence electrons. The fourth-order valence-electron chi connectivity index (χ4n) is 3.45. The van der Waals surface area contributed by atoms with Crippen LogP contribution in [0.25, 0.3) is 10.8 Å². The van der Waals surface area contributed by atoms with E-state index in [0.29, 0.717) is 27.6 Å². The first-order chi connectivity index (χ1) is 16.9. The van der Waals surface area contributed by atoms with Gasteiger partial charge in [0.15, 0.2) is 6.10 Å². The highest BCUT2D eigenvalue weighted by atomic mass is 35.5. The van der Waals surface area contributed by atoms with Crippen LogP contribution in [0, 0.1) is 6.92 Å². The molecule has 0 aromatic heterocycles. The molecule has 6 nitrogen and oxygen atoms in total. The number of esters is 1. The number of nitrogens with zero attached hydrogens (tertiary/aromatic N) is 1. The molecular formula is C28H23ClN2O4. The average molecular weight is 487 g/mol. The number of carbonyl (C=O) groups excluding carboxylic acids is 2. The third-order valence-corrected chi connectivity index (χ3v) is 5.50. The van der Waals surface area contributed by atoms with Gasteiger partial charge in [0, 0.05) is 10.6 Å². The maximum absolute atomic E-state index is 12.8. The van der Waals surface area contributed by atoms with Gasteiger partial charge in [-0.15, -0.1) is 0 Å². The smallest absolute Gasteiger partial charge is 0.343 e. The van der Waals surface area contributed by atoms with Gasteiger partial charge in [0.25, 0.3) is 5.91 Å². The van der Waals surface area contributed by atoms with Crippen LogP contribution in [0.5, 0.6) is 11.5 Å². The van der Waals surface area contributed by atoms with Crippen molar-refractivity contribution in [2.45, 2.75) is 20.0 Å². The summed E-state index contributed by atoms with van der Waals surface area (Å²) in [6.45, 7) is 3.53. The van der Waals surface area contributed by atoms with Crippen LogP contribution < -0.4 is 14.9 Å². The van der Waals surface area contributed by atoms with Gasteiger partial charge in [0.1, 0.15) is 11.5 Å². The highest BCUT2D eigenvalue weighted by Gasteiger charge is 2.16. The molecule has 7 heteroatoms. The lowest BCUT2D eigenvalue weighted by atomic mass is 10.0. The van der Waals surface area contributed by atoms with Gasteiger partial charge in [0.2, 0.25) is 0 Å². The number of ether oxygens (including phenoxy) is 2. The molecule has 0 aliphatic carbocycles. The summed E-state index contributed by atoms with van der Waals surface area (Å²) in [4.78, 5) is 25.2. The molecule has 0 aliphatic heterocycles. The maximum atomic E-state index is 12.8. The van der Waals surface area contributed by atoms with Gasteiger partial charge in [-0.05, 0) is 67.1 Å². The van der Waals surface area contributed by atoms with Crippen LogP contribution >= 0.6 is 11.6 Å². The number of nitrogens with one attached hydrogen (secondary N) is 1. The Balaban J connectivity index is 1.53. The molecule has 0 bridgehead atoms. The minimum Gasteiger partial charge on any atom is -0.481 e. The lowest BCUT2D eigenvalue weighted by Crippen LogP contribution is -2.33. The quantitative estimate of drug-likeness (QED) is 0.152. The van der Waals surface area contributed by atoms with Crippen molar-refractivity contribution < 1.29 is 19.1 Å². The molecule has 1 amide bonds.